The summed E-state index contributed by atoms with van der Waals surface area (Å²) in [5, 5.41) is 0. The van der Waals surface area contributed by atoms with Crippen LogP contribution in [0.25, 0.3) is 0 Å². The predicted octanol–water partition coefficient (Wildman–Crippen LogP) is 2.20. The molecule has 1 unspecified atom stereocenters. The molecule has 5 nitrogen and oxygen atoms in total. The van der Waals surface area contributed by atoms with Gasteiger partial charge in [0.2, 0.25) is 11.8 Å². The molecule has 0 saturated carbocycles. The number of carbonyl (C=O) groups is 2. The van der Waals surface area contributed by atoms with E-state index in [4.69, 9.17) is 4.74 Å². The molecule has 5 heteroatoms. The minimum absolute atomic E-state index is 0.0401. The number of anilines is 1. The summed E-state index contributed by atoms with van der Waals surface area (Å²) in [6.07, 6.45) is 0.300. The Bertz CT molecular complexity index is 630. The van der Waals surface area contributed by atoms with E-state index in [1.165, 1.54) is 0 Å². The summed E-state index contributed by atoms with van der Waals surface area (Å²) in [5.41, 5.74) is 2.02. The number of hydrogen-bond donors (Lipinski definition) is 0. The lowest BCUT2D eigenvalue weighted by molar-refractivity contribution is -0.139. The quantitative estimate of drug-likeness (QED) is 0.835. The van der Waals surface area contributed by atoms with Crippen LogP contribution in [-0.4, -0.2) is 49.6 Å². The Balaban J connectivity index is 1.80. The van der Waals surface area contributed by atoms with Crippen molar-refractivity contribution in [2.45, 2.75) is 32.6 Å². The molecule has 0 radical (unpaired) electrons. The van der Waals surface area contributed by atoms with Crippen LogP contribution in [0.5, 0.6) is 0 Å². The lowest BCUT2D eigenvalue weighted by Gasteiger charge is -2.30. The van der Waals surface area contributed by atoms with Gasteiger partial charge in [-0.3, -0.25) is 9.59 Å². The van der Waals surface area contributed by atoms with Gasteiger partial charge < -0.3 is 14.5 Å². The fourth-order valence-electron chi connectivity index (χ4n) is 3.49. The normalized spacial score (nSPS) is 22.1. The van der Waals surface area contributed by atoms with Gasteiger partial charge in [-0.15, -0.1) is 0 Å². The van der Waals surface area contributed by atoms with Gasteiger partial charge in [0.1, 0.15) is 0 Å². The van der Waals surface area contributed by atoms with Crippen molar-refractivity contribution in [1.29, 1.82) is 0 Å². The topological polar surface area (TPSA) is 49.9 Å². The summed E-state index contributed by atoms with van der Waals surface area (Å²) in [4.78, 5) is 28.9. The van der Waals surface area contributed by atoms with E-state index in [2.05, 4.69) is 26.8 Å². The molecule has 1 aromatic rings. The maximum Gasteiger partial charge on any atom is 0.228 e. The van der Waals surface area contributed by atoms with Crippen LogP contribution in [0.3, 0.4) is 0 Å². The van der Waals surface area contributed by atoms with Crippen LogP contribution in [0.15, 0.2) is 24.3 Å². The van der Waals surface area contributed by atoms with Gasteiger partial charge in [-0.25, -0.2) is 0 Å². The van der Waals surface area contributed by atoms with Crippen molar-refractivity contribution < 1.29 is 14.3 Å². The molecule has 2 heterocycles. The first-order valence-electron chi connectivity index (χ1n) is 8.64. The van der Waals surface area contributed by atoms with Crippen molar-refractivity contribution in [3.8, 4) is 0 Å². The van der Waals surface area contributed by atoms with Crippen LogP contribution in [-0.2, 0) is 19.7 Å². The molecule has 1 atom stereocenters. The smallest absolute Gasteiger partial charge is 0.228 e. The van der Waals surface area contributed by atoms with Crippen LogP contribution < -0.4 is 4.90 Å². The van der Waals surface area contributed by atoms with E-state index in [0.29, 0.717) is 39.3 Å². The van der Waals surface area contributed by atoms with Crippen molar-refractivity contribution in [3.05, 3.63) is 29.8 Å². The molecule has 2 saturated heterocycles. The first-order chi connectivity index (χ1) is 11.4. The highest BCUT2D eigenvalue weighted by molar-refractivity contribution is 6.01. The van der Waals surface area contributed by atoms with E-state index in [-0.39, 0.29) is 23.1 Å². The highest BCUT2D eigenvalue weighted by Crippen LogP contribution is 2.35. The van der Waals surface area contributed by atoms with Crippen molar-refractivity contribution >= 4 is 17.5 Å². The van der Waals surface area contributed by atoms with Gasteiger partial charge in [0.05, 0.1) is 19.1 Å². The molecule has 0 N–H and O–H groups in total. The maximum absolute atomic E-state index is 12.7. The molecule has 3 rings (SSSR count). The van der Waals surface area contributed by atoms with E-state index >= 15 is 0 Å². The molecule has 2 amide bonds. The highest BCUT2D eigenvalue weighted by atomic mass is 16.5. The van der Waals surface area contributed by atoms with Crippen LogP contribution in [0.4, 0.5) is 5.69 Å². The third-order valence-corrected chi connectivity index (χ3v) is 4.80. The zero-order valence-corrected chi connectivity index (χ0v) is 14.7. The Morgan fingerprint density at radius 1 is 1.17 bits per heavy atom. The number of amides is 2. The second kappa shape index (κ2) is 6.55. The number of nitrogens with zero attached hydrogens (tertiary/aromatic N) is 2. The third-order valence-electron chi connectivity index (χ3n) is 4.80. The average Bonchev–Trinajstić information content (AvgIpc) is 2.96. The van der Waals surface area contributed by atoms with E-state index in [0.717, 1.165) is 11.3 Å². The van der Waals surface area contributed by atoms with Gasteiger partial charge in [0.25, 0.3) is 0 Å². The van der Waals surface area contributed by atoms with E-state index in [1.54, 1.807) is 4.90 Å². The Kier molecular flexibility index (Phi) is 4.63. The molecule has 24 heavy (non-hydrogen) atoms. The molecule has 0 bridgehead atoms. The molecule has 130 valence electrons. The molecule has 0 aliphatic carbocycles. The van der Waals surface area contributed by atoms with Crippen LogP contribution in [0, 0.1) is 5.92 Å². The molecular weight excluding hydrogens is 304 g/mol. The largest absolute Gasteiger partial charge is 0.378 e. The lowest BCUT2D eigenvalue weighted by Crippen LogP contribution is -2.44. The van der Waals surface area contributed by atoms with Gasteiger partial charge in [0, 0.05) is 31.7 Å². The first kappa shape index (κ1) is 17.0. The van der Waals surface area contributed by atoms with Gasteiger partial charge in [-0.05, 0) is 17.0 Å². The minimum atomic E-state index is -0.247. The summed E-state index contributed by atoms with van der Waals surface area (Å²) in [6.45, 7) is 9.33. The highest BCUT2D eigenvalue weighted by Gasteiger charge is 2.38. The fraction of sp³-hybridized carbons (Fsp3) is 0.579. The van der Waals surface area contributed by atoms with Gasteiger partial charge in [-0.1, -0.05) is 39.0 Å². The Hall–Kier alpha value is -1.88. The summed E-state index contributed by atoms with van der Waals surface area (Å²) in [5.74, 6) is -0.121. The first-order valence-corrected chi connectivity index (χ1v) is 8.64. The molecule has 2 fully saturated rings. The standard InChI is InChI=1S/C19H26N2O3/c1-19(2,3)15-6-4-5-7-16(15)21-13-14(12-17(21)22)18(23)20-8-10-24-11-9-20/h4-7,14H,8-13H2,1-3H3. The van der Waals surface area contributed by atoms with Crippen LogP contribution in [0.1, 0.15) is 32.8 Å². The van der Waals surface area contributed by atoms with E-state index < -0.39 is 0 Å². The number of morpholine rings is 1. The van der Waals surface area contributed by atoms with Crippen molar-refractivity contribution in [1.82, 2.24) is 4.90 Å². The zero-order valence-electron chi connectivity index (χ0n) is 14.7. The monoisotopic (exact) mass is 330 g/mol. The average molecular weight is 330 g/mol. The molecule has 2 aliphatic heterocycles. The van der Waals surface area contributed by atoms with Crippen LogP contribution in [0.2, 0.25) is 0 Å². The SMILES string of the molecule is CC(C)(C)c1ccccc1N1CC(C(=O)N2CCOCC2)CC1=O. The minimum Gasteiger partial charge on any atom is -0.378 e. The van der Waals surface area contributed by atoms with E-state index in [1.807, 2.05) is 23.1 Å². The Labute approximate surface area is 143 Å². The summed E-state index contributed by atoms with van der Waals surface area (Å²) >= 11 is 0. The summed E-state index contributed by atoms with van der Waals surface area (Å²) in [7, 11) is 0. The fourth-order valence-corrected chi connectivity index (χ4v) is 3.49. The number of benzene rings is 1. The Morgan fingerprint density at radius 2 is 1.83 bits per heavy atom. The van der Waals surface area contributed by atoms with Crippen molar-refractivity contribution in [3.63, 3.8) is 0 Å². The van der Waals surface area contributed by atoms with Crippen LogP contribution >= 0.6 is 0 Å². The van der Waals surface area contributed by atoms with Gasteiger partial charge >= 0.3 is 0 Å². The molecule has 0 aromatic heterocycles. The number of para-hydroxylation sites is 1. The molecule has 2 aliphatic rings. The zero-order chi connectivity index (χ0) is 17.3. The lowest BCUT2D eigenvalue weighted by atomic mass is 9.85. The summed E-state index contributed by atoms with van der Waals surface area (Å²) < 4.78 is 5.31. The molecule has 1 aromatic carbocycles. The summed E-state index contributed by atoms with van der Waals surface area (Å²) in [6, 6.07) is 8.01. The number of carbonyl (C=O) groups excluding carboxylic acids is 2. The number of rotatable bonds is 2. The number of ether oxygens (including phenoxy) is 1. The van der Waals surface area contributed by atoms with Crippen molar-refractivity contribution in [2.24, 2.45) is 5.92 Å². The second-order valence-electron chi connectivity index (χ2n) is 7.61. The van der Waals surface area contributed by atoms with Crippen molar-refractivity contribution in [2.75, 3.05) is 37.7 Å². The predicted molar refractivity (Wildman–Crippen MR) is 93.0 cm³/mol. The van der Waals surface area contributed by atoms with E-state index in [9.17, 15) is 9.59 Å². The molecule has 0 spiro atoms. The third kappa shape index (κ3) is 3.31. The second-order valence-corrected chi connectivity index (χ2v) is 7.61. The number of hydrogen-bond acceptors (Lipinski definition) is 3. The van der Waals surface area contributed by atoms with Gasteiger partial charge in [-0.2, -0.15) is 0 Å². The Morgan fingerprint density at radius 3 is 2.50 bits per heavy atom. The maximum atomic E-state index is 12.7. The van der Waals surface area contributed by atoms with Gasteiger partial charge in [0.15, 0.2) is 0 Å². The molecular formula is C19H26N2O3.